The number of methoxy groups -OCH3 is 1. The number of rotatable bonds is 7. The van der Waals surface area contributed by atoms with Crippen LogP contribution in [0.15, 0.2) is 54.9 Å². The Hall–Kier alpha value is -3.81. The molecule has 160 valence electrons. The first kappa shape index (κ1) is 20.5. The summed E-state index contributed by atoms with van der Waals surface area (Å²) in [5.74, 6) is 1.72. The Kier molecular flexibility index (Phi) is 5.88. The normalized spacial score (nSPS) is 13.7. The van der Waals surface area contributed by atoms with Crippen molar-refractivity contribution in [2.24, 2.45) is 7.05 Å². The molecule has 2 amide bonds. The molecule has 2 heterocycles. The summed E-state index contributed by atoms with van der Waals surface area (Å²) in [5.41, 5.74) is 2.65. The third-order valence-corrected chi connectivity index (χ3v) is 5.19. The highest BCUT2D eigenvalue weighted by atomic mass is 16.5. The second-order valence-electron chi connectivity index (χ2n) is 7.33. The van der Waals surface area contributed by atoms with Crippen LogP contribution in [0, 0.1) is 0 Å². The summed E-state index contributed by atoms with van der Waals surface area (Å²) in [6.45, 7) is -0.143. The van der Waals surface area contributed by atoms with Crippen LogP contribution in [0.2, 0.25) is 0 Å². The number of fused-ring (bicyclic) bond motifs is 1. The molecule has 0 saturated carbocycles. The third-order valence-electron chi connectivity index (χ3n) is 5.19. The first-order chi connectivity index (χ1) is 15.0. The van der Waals surface area contributed by atoms with Gasteiger partial charge in [-0.05, 0) is 47.9 Å². The van der Waals surface area contributed by atoms with E-state index in [4.69, 9.17) is 9.47 Å². The Morgan fingerprint density at radius 1 is 1.23 bits per heavy atom. The lowest BCUT2D eigenvalue weighted by Crippen LogP contribution is -2.34. The Morgan fingerprint density at radius 3 is 2.87 bits per heavy atom. The summed E-state index contributed by atoms with van der Waals surface area (Å²) < 4.78 is 12.9. The average Bonchev–Trinajstić information content (AvgIpc) is 3.21. The second-order valence-corrected chi connectivity index (χ2v) is 7.33. The van der Waals surface area contributed by atoms with Crippen molar-refractivity contribution in [3.8, 4) is 11.5 Å². The van der Waals surface area contributed by atoms with Crippen LogP contribution < -0.4 is 20.1 Å². The molecule has 0 saturated heterocycles. The standard InChI is InChI=1S/C23H24N4O4/c1-27-11-10-24-23(27)22(16-4-3-5-17(13-16)30-2)26-21(29)14-31-18-7-8-19-15(12-18)6-9-20(28)25-19/h3-5,7-8,10-13,22H,6,9,14H2,1-2H3,(H,25,28)(H,26,29)/t22-/m1/s1. The van der Waals surface area contributed by atoms with E-state index in [1.165, 1.54) is 0 Å². The SMILES string of the molecule is COc1cccc([C@@H](NC(=O)COc2ccc3c(c2)CCC(=O)N3)c2nccn2C)c1. The van der Waals surface area contributed by atoms with Crippen LogP contribution in [-0.2, 0) is 23.1 Å². The molecule has 8 heteroatoms. The minimum absolute atomic E-state index is 0.0124. The minimum Gasteiger partial charge on any atom is -0.497 e. The van der Waals surface area contributed by atoms with E-state index >= 15 is 0 Å². The van der Waals surface area contributed by atoms with Gasteiger partial charge in [0, 0.05) is 31.5 Å². The molecule has 0 spiro atoms. The number of carbonyl (C=O) groups excluding carboxylic acids is 2. The third kappa shape index (κ3) is 4.69. The number of aryl methyl sites for hydroxylation is 2. The number of carbonyl (C=O) groups is 2. The van der Waals surface area contributed by atoms with Crippen LogP contribution in [0.4, 0.5) is 5.69 Å². The summed E-state index contributed by atoms with van der Waals surface area (Å²) in [5, 5.41) is 5.84. The number of amides is 2. The average molecular weight is 420 g/mol. The van der Waals surface area contributed by atoms with Gasteiger partial charge in [-0.3, -0.25) is 9.59 Å². The van der Waals surface area contributed by atoms with Crippen LogP contribution in [0.5, 0.6) is 11.5 Å². The fraction of sp³-hybridized carbons (Fsp3) is 0.261. The minimum atomic E-state index is -0.454. The maximum absolute atomic E-state index is 12.7. The van der Waals surface area contributed by atoms with E-state index in [-0.39, 0.29) is 18.4 Å². The molecule has 2 N–H and O–H groups in total. The number of nitrogens with zero attached hydrogens (tertiary/aromatic N) is 2. The van der Waals surface area contributed by atoms with Crippen molar-refractivity contribution in [1.82, 2.24) is 14.9 Å². The van der Waals surface area contributed by atoms with Crippen LogP contribution in [0.25, 0.3) is 0 Å². The first-order valence-electron chi connectivity index (χ1n) is 9.99. The quantitative estimate of drug-likeness (QED) is 0.613. The lowest BCUT2D eigenvalue weighted by molar-refractivity contribution is -0.123. The number of hydrogen-bond acceptors (Lipinski definition) is 5. The highest BCUT2D eigenvalue weighted by Gasteiger charge is 2.22. The van der Waals surface area contributed by atoms with Gasteiger partial charge in [-0.15, -0.1) is 0 Å². The Labute approximate surface area is 180 Å². The van der Waals surface area contributed by atoms with E-state index < -0.39 is 6.04 Å². The molecule has 0 aliphatic carbocycles. The molecular formula is C23H24N4O4. The molecule has 31 heavy (non-hydrogen) atoms. The second kappa shape index (κ2) is 8.91. The molecule has 1 aliphatic rings. The molecule has 4 rings (SSSR count). The van der Waals surface area contributed by atoms with E-state index in [2.05, 4.69) is 15.6 Å². The number of benzene rings is 2. The lowest BCUT2D eigenvalue weighted by atomic mass is 10.0. The van der Waals surface area contributed by atoms with E-state index in [0.717, 1.165) is 16.8 Å². The molecule has 3 aromatic rings. The molecule has 1 atom stereocenters. The fourth-order valence-electron chi connectivity index (χ4n) is 3.57. The summed E-state index contributed by atoms with van der Waals surface area (Å²) in [6.07, 6.45) is 4.62. The van der Waals surface area contributed by atoms with Crippen molar-refractivity contribution in [3.05, 3.63) is 71.8 Å². The van der Waals surface area contributed by atoms with Crippen LogP contribution in [-0.4, -0.2) is 35.1 Å². The number of imidazole rings is 1. The van der Waals surface area contributed by atoms with Gasteiger partial charge in [-0.2, -0.15) is 0 Å². The number of anilines is 1. The maximum atomic E-state index is 12.7. The van der Waals surface area contributed by atoms with Gasteiger partial charge in [0.05, 0.1) is 7.11 Å². The van der Waals surface area contributed by atoms with Gasteiger partial charge in [-0.25, -0.2) is 4.98 Å². The topological polar surface area (TPSA) is 94.5 Å². The van der Waals surface area contributed by atoms with Crippen molar-refractivity contribution < 1.29 is 19.1 Å². The van der Waals surface area contributed by atoms with E-state index in [0.29, 0.717) is 30.2 Å². The van der Waals surface area contributed by atoms with E-state index in [9.17, 15) is 9.59 Å². The predicted molar refractivity (Wildman–Crippen MR) is 115 cm³/mol. The Bertz CT molecular complexity index is 1110. The molecule has 0 radical (unpaired) electrons. The van der Waals surface area contributed by atoms with Gasteiger partial charge >= 0.3 is 0 Å². The molecule has 8 nitrogen and oxygen atoms in total. The number of nitrogens with one attached hydrogen (secondary N) is 2. The van der Waals surface area contributed by atoms with E-state index in [1.54, 1.807) is 25.4 Å². The highest BCUT2D eigenvalue weighted by Crippen LogP contribution is 2.27. The van der Waals surface area contributed by atoms with Gasteiger partial charge in [0.2, 0.25) is 5.91 Å². The van der Waals surface area contributed by atoms with Crippen molar-refractivity contribution in [3.63, 3.8) is 0 Å². The van der Waals surface area contributed by atoms with Crippen molar-refractivity contribution in [1.29, 1.82) is 0 Å². The highest BCUT2D eigenvalue weighted by molar-refractivity contribution is 5.94. The number of hydrogen-bond donors (Lipinski definition) is 2. The molecule has 0 fully saturated rings. The molecule has 0 unspecified atom stereocenters. The number of ether oxygens (including phenoxy) is 2. The fourth-order valence-corrected chi connectivity index (χ4v) is 3.57. The zero-order valence-electron chi connectivity index (χ0n) is 17.4. The van der Waals surface area contributed by atoms with Gasteiger partial charge in [0.1, 0.15) is 23.4 Å². The maximum Gasteiger partial charge on any atom is 0.258 e. The zero-order valence-corrected chi connectivity index (χ0v) is 17.4. The Balaban J connectivity index is 1.47. The molecule has 1 aliphatic heterocycles. The van der Waals surface area contributed by atoms with Crippen LogP contribution >= 0.6 is 0 Å². The van der Waals surface area contributed by atoms with Gasteiger partial charge in [0.25, 0.3) is 5.91 Å². The molecule has 0 bridgehead atoms. The molecule has 1 aromatic heterocycles. The first-order valence-corrected chi connectivity index (χ1v) is 9.99. The Morgan fingerprint density at radius 2 is 2.10 bits per heavy atom. The van der Waals surface area contributed by atoms with Gasteiger partial charge in [-0.1, -0.05) is 12.1 Å². The van der Waals surface area contributed by atoms with Crippen LogP contribution in [0.1, 0.15) is 29.4 Å². The summed E-state index contributed by atoms with van der Waals surface area (Å²) in [6, 6.07) is 12.5. The van der Waals surface area contributed by atoms with Crippen molar-refractivity contribution >= 4 is 17.5 Å². The van der Waals surface area contributed by atoms with E-state index in [1.807, 2.05) is 48.1 Å². The molecular weight excluding hydrogens is 396 g/mol. The monoisotopic (exact) mass is 420 g/mol. The summed E-state index contributed by atoms with van der Waals surface area (Å²) >= 11 is 0. The predicted octanol–water partition coefficient (Wildman–Crippen LogP) is 2.60. The lowest BCUT2D eigenvalue weighted by Gasteiger charge is -2.20. The largest absolute Gasteiger partial charge is 0.497 e. The van der Waals surface area contributed by atoms with Crippen molar-refractivity contribution in [2.75, 3.05) is 19.0 Å². The smallest absolute Gasteiger partial charge is 0.258 e. The van der Waals surface area contributed by atoms with Gasteiger partial charge < -0.3 is 24.7 Å². The van der Waals surface area contributed by atoms with Crippen LogP contribution in [0.3, 0.4) is 0 Å². The summed E-state index contributed by atoms with van der Waals surface area (Å²) in [4.78, 5) is 28.6. The zero-order chi connectivity index (χ0) is 21.8. The van der Waals surface area contributed by atoms with Crippen molar-refractivity contribution in [2.45, 2.75) is 18.9 Å². The van der Waals surface area contributed by atoms with Gasteiger partial charge in [0.15, 0.2) is 6.61 Å². The summed E-state index contributed by atoms with van der Waals surface area (Å²) in [7, 11) is 3.48. The molecule has 2 aromatic carbocycles. The number of aromatic nitrogens is 2.